The zero-order chi connectivity index (χ0) is 26.4. The SMILES string of the molecule is CO/C=C(\C)c1cnc2c(C(N)=O)cnn2c1C1CCCCC1.O=C(O)CCc1c[nH]c2ccccc12. The van der Waals surface area contributed by atoms with Crippen LogP contribution in [-0.4, -0.2) is 43.7 Å². The van der Waals surface area contributed by atoms with E-state index in [2.05, 4.69) is 15.1 Å². The highest BCUT2D eigenvalue weighted by molar-refractivity contribution is 5.98. The van der Waals surface area contributed by atoms with E-state index in [9.17, 15) is 9.59 Å². The summed E-state index contributed by atoms with van der Waals surface area (Å²) in [5.74, 6) is -0.848. The van der Waals surface area contributed by atoms with Gasteiger partial charge in [0.05, 0.1) is 25.3 Å². The summed E-state index contributed by atoms with van der Waals surface area (Å²) in [6.45, 7) is 2.00. The van der Waals surface area contributed by atoms with Crippen molar-refractivity contribution in [2.45, 2.75) is 57.8 Å². The van der Waals surface area contributed by atoms with Gasteiger partial charge in [0.25, 0.3) is 5.91 Å². The number of rotatable bonds is 7. The van der Waals surface area contributed by atoms with Crippen LogP contribution in [0, 0.1) is 0 Å². The van der Waals surface area contributed by atoms with Crippen molar-refractivity contribution in [3.05, 3.63) is 71.5 Å². The van der Waals surface area contributed by atoms with Gasteiger partial charge < -0.3 is 20.6 Å². The molecule has 0 saturated heterocycles. The lowest BCUT2D eigenvalue weighted by Crippen LogP contribution is -2.15. The minimum Gasteiger partial charge on any atom is -0.504 e. The number of benzene rings is 1. The van der Waals surface area contributed by atoms with E-state index in [1.807, 2.05) is 37.4 Å². The minimum atomic E-state index is -0.754. The molecular formula is C28H33N5O4. The van der Waals surface area contributed by atoms with E-state index in [0.29, 0.717) is 23.5 Å². The van der Waals surface area contributed by atoms with Crippen molar-refractivity contribution < 1.29 is 19.4 Å². The second-order valence-corrected chi connectivity index (χ2v) is 9.34. The minimum absolute atomic E-state index is 0.182. The van der Waals surface area contributed by atoms with E-state index in [4.69, 9.17) is 15.6 Å². The molecule has 0 atom stereocenters. The molecule has 194 valence electrons. The molecule has 0 radical (unpaired) electrons. The number of H-pyrrole nitrogens is 1. The van der Waals surface area contributed by atoms with E-state index in [1.54, 1.807) is 24.1 Å². The van der Waals surface area contributed by atoms with Gasteiger partial charge in [0.2, 0.25) is 0 Å². The maximum atomic E-state index is 11.6. The van der Waals surface area contributed by atoms with Gasteiger partial charge in [0.15, 0.2) is 5.65 Å². The number of ether oxygens (including phenoxy) is 1. The average molecular weight is 504 g/mol. The number of fused-ring (bicyclic) bond motifs is 2. The smallest absolute Gasteiger partial charge is 0.303 e. The zero-order valence-corrected chi connectivity index (χ0v) is 21.2. The number of methoxy groups -OCH3 is 1. The van der Waals surface area contributed by atoms with E-state index < -0.39 is 11.9 Å². The predicted molar refractivity (Wildman–Crippen MR) is 142 cm³/mol. The summed E-state index contributed by atoms with van der Waals surface area (Å²) < 4.78 is 6.95. The number of allylic oxidation sites excluding steroid dienone is 1. The second kappa shape index (κ2) is 11.7. The molecule has 1 aromatic carbocycles. The monoisotopic (exact) mass is 503 g/mol. The maximum Gasteiger partial charge on any atom is 0.303 e. The molecule has 1 amide bonds. The first kappa shape index (κ1) is 25.9. The molecule has 1 aliphatic carbocycles. The molecule has 5 rings (SSSR count). The van der Waals surface area contributed by atoms with Gasteiger partial charge in [-0.3, -0.25) is 9.59 Å². The topological polar surface area (TPSA) is 136 Å². The summed E-state index contributed by atoms with van der Waals surface area (Å²) in [7, 11) is 1.63. The highest BCUT2D eigenvalue weighted by atomic mass is 16.5. The fourth-order valence-corrected chi connectivity index (χ4v) is 5.02. The maximum absolute atomic E-state index is 11.6. The lowest BCUT2D eigenvalue weighted by atomic mass is 9.84. The molecule has 0 aliphatic heterocycles. The number of primary amides is 1. The molecule has 1 fully saturated rings. The van der Waals surface area contributed by atoms with Crippen LogP contribution in [0.1, 0.15) is 78.5 Å². The lowest BCUT2D eigenvalue weighted by Gasteiger charge is -2.25. The van der Waals surface area contributed by atoms with Gasteiger partial charge in [-0.15, -0.1) is 0 Å². The van der Waals surface area contributed by atoms with Crippen molar-refractivity contribution in [3.8, 4) is 0 Å². The Labute approximate surface area is 215 Å². The van der Waals surface area contributed by atoms with Crippen LogP contribution in [0.2, 0.25) is 0 Å². The third-order valence-electron chi connectivity index (χ3n) is 6.82. The van der Waals surface area contributed by atoms with Crippen molar-refractivity contribution in [2.75, 3.05) is 7.11 Å². The first-order chi connectivity index (χ1) is 17.9. The molecule has 0 unspecified atom stereocenters. The van der Waals surface area contributed by atoms with Crippen LogP contribution >= 0.6 is 0 Å². The van der Waals surface area contributed by atoms with Gasteiger partial charge in [-0.2, -0.15) is 5.10 Å². The fraction of sp³-hybridized carbons (Fsp3) is 0.357. The number of aromatic nitrogens is 4. The molecule has 1 saturated carbocycles. The number of carboxylic acids is 1. The Bertz CT molecular complexity index is 1430. The van der Waals surface area contributed by atoms with Crippen LogP contribution in [0.5, 0.6) is 0 Å². The summed E-state index contributed by atoms with van der Waals surface area (Å²) in [6, 6.07) is 7.91. The van der Waals surface area contributed by atoms with Gasteiger partial charge >= 0.3 is 5.97 Å². The summed E-state index contributed by atoms with van der Waals surface area (Å²) in [4.78, 5) is 29.5. The fourth-order valence-electron chi connectivity index (χ4n) is 5.02. The molecule has 37 heavy (non-hydrogen) atoms. The number of carbonyl (C=O) groups excluding carboxylic acids is 1. The Morgan fingerprint density at radius 2 is 1.95 bits per heavy atom. The largest absolute Gasteiger partial charge is 0.504 e. The van der Waals surface area contributed by atoms with E-state index >= 15 is 0 Å². The van der Waals surface area contributed by atoms with Crippen molar-refractivity contribution in [2.24, 2.45) is 5.73 Å². The summed E-state index contributed by atoms with van der Waals surface area (Å²) in [5.41, 5.74) is 11.6. The predicted octanol–water partition coefficient (Wildman–Crippen LogP) is 5.07. The van der Waals surface area contributed by atoms with Crippen molar-refractivity contribution in [1.82, 2.24) is 19.6 Å². The van der Waals surface area contributed by atoms with Gasteiger partial charge in [-0.25, -0.2) is 9.50 Å². The van der Waals surface area contributed by atoms with Gasteiger partial charge in [-0.05, 0) is 43.4 Å². The third-order valence-corrected chi connectivity index (χ3v) is 6.82. The quantitative estimate of drug-likeness (QED) is 0.301. The molecular weight excluding hydrogens is 470 g/mol. The average Bonchev–Trinajstić information content (AvgIpc) is 3.52. The van der Waals surface area contributed by atoms with Crippen LogP contribution in [0.3, 0.4) is 0 Å². The first-order valence-electron chi connectivity index (χ1n) is 12.5. The van der Waals surface area contributed by atoms with Crippen LogP contribution < -0.4 is 5.73 Å². The molecule has 3 heterocycles. The molecule has 4 N–H and O–H groups in total. The Morgan fingerprint density at radius 3 is 2.65 bits per heavy atom. The van der Waals surface area contributed by atoms with E-state index in [1.165, 1.54) is 25.5 Å². The number of nitrogens with zero attached hydrogens (tertiary/aromatic N) is 3. The van der Waals surface area contributed by atoms with Crippen LogP contribution in [-0.2, 0) is 16.0 Å². The number of aryl methyl sites for hydroxylation is 1. The molecule has 9 nitrogen and oxygen atoms in total. The number of aliphatic carboxylic acids is 1. The second-order valence-electron chi connectivity index (χ2n) is 9.34. The van der Waals surface area contributed by atoms with Crippen molar-refractivity contribution >= 4 is 34.0 Å². The number of carbonyl (C=O) groups is 2. The normalized spacial score (nSPS) is 14.4. The van der Waals surface area contributed by atoms with E-state index in [-0.39, 0.29) is 6.42 Å². The summed E-state index contributed by atoms with van der Waals surface area (Å²) in [6.07, 6.45) is 13.6. The van der Waals surface area contributed by atoms with Gasteiger partial charge in [0.1, 0.15) is 5.56 Å². The van der Waals surface area contributed by atoms with Crippen LogP contribution in [0.15, 0.2) is 49.1 Å². The highest BCUT2D eigenvalue weighted by Gasteiger charge is 2.25. The third kappa shape index (κ3) is 5.82. The number of hydrogen-bond acceptors (Lipinski definition) is 5. The van der Waals surface area contributed by atoms with Crippen LogP contribution in [0.4, 0.5) is 0 Å². The number of nitrogens with two attached hydrogens (primary N) is 1. The number of carboxylic acid groups (broad SMARTS) is 1. The molecule has 0 spiro atoms. The zero-order valence-electron chi connectivity index (χ0n) is 21.2. The number of amides is 1. The Hall–Kier alpha value is -4.14. The van der Waals surface area contributed by atoms with Gasteiger partial charge in [0, 0.05) is 41.2 Å². The molecule has 1 aliphatic rings. The highest BCUT2D eigenvalue weighted by Crippen LogP contribution is 2.36. The lowest BCUT2D eigenvalue weighted by molar-refractivity contribution is -0.136. The summed E-state index contributed by atoms with van der Waals surface area (Å²) >= 11 is 0. The molecule has 4 aromatic rings. The molecule has 0 bridgehead atoms. The van der Waals surface area contributed by atoms with Crippen molar-refractivity contribution in [1.29, 1.82) is 0 Å². The number of nitrogens with one attached hydrogen (secondary N) is 1. The first-order valence-corrected chi connectivity index (χ1v) is 12.5. The number of hydrogen-bond donors (Lipinski definition) is 3. The summed E-state index contributed by atoms with van der Waals surface area (Å²) in [5, 5.41) is 14.1. The van der Waals surface area contributed by atoms with Crippen LogP contribution in [0.25, 0.3) is 22.1 Å². The van der Waals surface area contributed by atoms with Gasteiger partial charge in [-0.1, -0.05) is 37.5 Å². The Balaban J connectivity index is 0.000000195. The molecule has 9 heteroatoms. The Morgan fingerprint density at radius 1 is 1.19 bits per heavy atom. The van der Waals surface area contributed by atoms with Crippen molar-refractivity contribution in [3.63, 3.8) is 0 Å². The number of aromatic amines is 1. The number of para-hydroxylation sites is 1. The van der Waals surface area contributed by atoms with E-state index in [0.717, 1.165) is 46.1 Å². The molecule has 3 aromatic heterocycles. The standard InChI is InChI=1S/C17H22N4O2.C11H11NO2/c1-11(10-23-2)13-8-19-17-14(16(18)22)9-20-21(17)15(13)12-6-4-3-5-7-12;13-11(14)6-5-8-7-12-10-4-2-1-3-9(8)10/h8-10,12H,3-7H2,1-2H3,(H2,18,22);1-4,7,12H,5-6H2,(H,13,14)/b11-10+;. The Kier molecular flexibility index (Phi) is 8.22.